The molecule has 0 radical (unpaired) electrons. The van der Waals surface area contributed by atoms with Gasteiger partial charge in [-0.2, -0.15) is 0 Å². The molecule has 1 amide bonds. The van der Waals surface area contributed by atoms with E-state index in [0.717, 1.165) is 29.8 Å². The van der Waals surface area contributed by atoms with Crippen molar-refractivity contribution in [2.75, 3.05) is 25.5 Å². The molecule has 1 unspecified atom stereocenters. The number of nitrogens with two attached hydrogens (primary N) is 1. The second kappa shape index (κ2) is 7.62. The lowest BCUT2D eigenvalue weighted by atomic mass is 10.1. The number of halogens is 2. The first kappa shape index (κ1) is 20.0. The molecule has 31 heavy (non-hydrogen) atoms. The summed E-state index contributed by atoms with van der Waals surface area (Å²) in [5, 5.41) is 3.81. The lowest BCUT2D eigenvalue weighted by Gasteiger charge is -2.21. The van der Waals surface area contributed by atoms with E-state index in [4.69, 9.17) is 22.1 Å². The Morgan fingerprint density at radius 2 is 2.10 bits per heavy atom. The maximum absolute atomic E-state index is 14.4. The number of fused-ring (bicyclic) bond motifs is 2. The largest absolute Gasteiger partial charge is 0.496 e. The van der Waals surface area contributed by atoms with Crippen molar-refractivity contribution < 1.29 is 13.9 Å². The molecule has 160 valence electrons. The molecule has 7 nitrogen and oxygen atoms in total. The number of hydrogen-bond donors (Lipinski definition) is 2. The SMILES string of the molecule is COc1cc2ncnc(Nc3cccc(Cl)c3F)c2cc1CN1C[C@@H]2C(C(N)=O)[C@@H]2C1. The Morgan fingerprint density at radius 1 is 1.32 bits per heavy atom. The summed E-state index contributed by atoms with van der Waals surface area (Å²) in [5.41, 5.74) is 7.35. The van der Waals surface area contributed by atoms with Gasteiger partial charge in [0.15, 0.2) is 5.82 Å². The first-order chi connectivity index (χ1) is 15.0. The fourth-order valence-electron chi connectivity index (χ4n) is 4.68. The van der Waals surface area contributed by atoms with Crippen LogP contribution in [0.3, 0.4) is 0 Å². The van der Waals surface area contributed by atoms with Crippen LogP contribution in [0.15, 0.2) is 36.7 Å². The van der Waals surface area contributed by atoms with Crippen molar-refractivity contribution in [3.63, 3.8) is 0 Å². The van der Waals surface area contributed by atoms with Crippen LogP contribution in [0, 0.1) is 23.6 Å². The Labute approximate surface area is 183 Å². The van der Waals surface area contributed by atoms with E-state index in [1.165, 1.54) is 12.4 Å². The van der Waals surface area contributed by atoms with E-state index < -0.39 is 5.82 Å². The number of nitrogens with one attached hydrogen (secondary N) is 1. The maximum Gasteiger partial charge on any atom is 0.221 e. The normalized spacial score (nSPS) is 22.4. The van der Waals surface area contributed by atoms with Crippen LogP contribution < -0.4 is 15.8 Å². The Bertz CT molecular complexity index is 1180. The van der Waals surface area contributed by atoms with Crippen molar-refractivity contribution in [3.05, 3.63) is 53.1 Å². The monoisotopic (exact) mass is 441 g/mol. The predicted molar refractivity (Wildman–Crippen MR) is 116 cm³/mol. The highest BCUT2D eigenvalue weighted by Crippen LogP contribution is 2.51. The molecule has 0 bridgehead atoms. The summed E-state index contributed by atoms with van der Waals surface area (Å²) in [6.45, 7) is 2.34. The fourth-order valence-corrected chi connectivity index (χ4v) is 4.85. The third kappa shape index (κ3) is 3.55. The number of hydrogen-bond acceptors (Lipinski definition) is 6. The summed E-state index contributed by atoms with van der Waals surface area (Å²) >= 11 is 5.90. The van der Waals surface area contributed by atoms with Gasteiger partial charge in [-0.1, -0.05) is 17.7 Å². The van der Waals surface area contributed by atoms with Crippen molar-refractivity contribution in [1.29, 1.82) is 0 Å². The number of rotatable bonds is 6. The molecule has 2 fully saturated rings. The molecule has 0 spiro atoms. The molecule has 5 rings (SSSR count). The summed E-state index contributed by atoms with van der Waals surface area (Å²) in [5.74, 6) is 1.20. The summed E-state index contributed by atoms with van der Waals surface area (Å²) < 4.78 is 20.0. The molecular weight excluding hydrogens is 421 g/mol. The quantitative estimate of drug-likeness (QED) is 0.609. The summed E-state index contributed by atoms with van der Waals surface area (Å²) in [6.07, 6.45) is 1.42. The third-order valence-electron chi connectivity index (χ3n) is 6.23. The highest BCUT2D eigenvalue weighted by molar-refractivity contribution is 6.31. The lowest BCUT2D eigenvalue weighted by Crippen LogP contribution is -2.28. The summed E-state index contributed by atoms with van der Waals surface area (Å²) in [4.78, 5) is 22.4. The number of aromatic nitrogens is 2. The molecule has 1 aliphatic carbocycles. The van der Waals surface area contributed by atoms with E-state index in [-0.39, 0.29) is 22.5 Å². The van der Waals surface area contributed by atoms with E-state index in [1.807, 2.05) is 12.1 Å². The number of primary amides is 1. The standard InChI is InChI=1S/C22H21ClFN5O2/c1-31-18-6-17-12(5-11(18)7-29-8-13-14(9-29)19(13)21(25)30)22(27-10-26-17)28-16-4-2-3-15(23)20(16)24/h2-6,10,13-14,19H,7-9H2,1H3,(H2,25,30)(H,26,27,28)/t13-,14+,19?. The Hall–Kier alpha value is -2.97. The number of nitrogens with zero attached hydrogens (tertiary/aromatic N) is 3. The number of benzene rings is 2. The van der Waals surface area contributed by atoms with Crippen molar-refractivity contribution >= 4 is 39.9 Å². The third-order valence-corrected chi connectivity index (χ3v) is 6.53. The van der Waals surface area contributed by atoms with Crippen LogP contribution in [0.2, 0.25) is 5.02 Å². The van der Waals surface area contributed by atoms with Gasteiger partial charge in [0, 0.05) is 42.6 Å². The number of piperidine rings is 1. The Balaban J connectivity index is 1.44. The van der Waals surface area contributed by atoms with Gasteiger partial charge in [0.1, 0.15) is 17.9 Å². The molecule has 3 atom stereocenters. The topological polar surface area (TPSA) is 93.4 Å². The van der Waals surface area contributed by atoms with E-state index in [1.54, 1.807) is 19.2 Å². The van der Waals surface area contributed by atoms with Crippen molar-refractivity contribution in [2.45, 2.75) is 6.54 Å². The number of likely N-dealkylation sites (tertiary alicyclic amines) is 1. The first-order valence-electron chi connectivity index (χ1n) is 10.0. The number of ether oxygens (including phenoxy) is 1. The molecule has 3 aromatic rings. The van der Waals surface area contributed by atoms with Crippen molar-refractivity contribution in [2.24, 2.45) is 23.5 Å². The molecule has 9 heteroatoms. The molecule has 2 heterocycles. The minimum atomic E-state index is -0.537. The van der Waals surface area contributed by atoms with Gasteiger partial charge in [-0.25, -0.2) is 14.4 Å². The lowest BCUT2D eigenvalue weighted by molar-refractivity contribution is -0.120. The van der Waals surface area contributed by atoms with E-state index in [2.05, 4.69) is 20.2 Å². The van der Waals surface area contributed by atoms with Gasteiger partial charge in [0.2, 0.25) is 5.91 Å². The zero-order chi connectivity index (χ0) is 21.7. The molecule has 1 aromatic heterocycles. The van der Waals surface area contributed by atoms with Crippen molar-refractivity contribution in [1.82, 2.24) is 14.9 Å². The minimum Gasteiger partial charge on any atom is -0.496 e. The average Bonchev–Trinajstić information content (AvgIpc) is 3.27. The van der Waals surface area contributed by atoms with E-state index >= 15 is 0 Å². The number of carbonyl (C=O) groups is 1. The highest BCUT2D eigenvalue weighted by atomic mass is 35.5. The van der Waals surface area contributed by atoms with Gasteiger partial charge in [0.25, 0.3) is 0 Å². The molecule has 1 saturated carbocycles. The fraction of sp³-hybridized carbons (Fsp3) is 0.318. The predicted octanol–water partition coefficient (Wildman–Crippen LogP) is 3.34. The second-order valence-corrected chi connectivity index (χ2v) is 8.49. The second-order valence-electron chi connectivity index (χ2n) is 8.08. The zero-order valence-electron chi connectivity index (χ0n) is 16.8. The van der Waals surface area contributed by atoms with Crippen LogP contribution in [0.5, 0.6) is 5.75 Å². The van der Waals surface area contributed by atoms with Gasteiger partial charge in [-0.3, -0.25) is 9.69 Å². The highest BCUT2D eigenvalue weighted by Gasteiger charge is 2.58. The Kier molecular flexibility index (Phi) is 4.91. The zero-order valence-corrected chi connectivity index (χ0v) is 17.6. The first-order valence-corrected chi connectivity index (χ1v) is 10.4. The average molecular weight is 442 g/mol. The van der Waals surface area contributed by atoms with Gasteiger partial charge < -0.3 is 15.8 Å². The number of methoxy groups -OCH3 is 1. The molecular formula is C22H21ClFN5O2. The van der Waals surface area contributed by atoms with Gasteiger partial charge in [0.05, 0.1) is 23.3 Å². The van der Waals surface area contributed by atoms with E-state index in [0.29, 0.717) is 29.7 Å². The van der Waals surface area contributed by atoms with Crippen LogP contribution in [0.4, 0.5) is 15.9 Å². The van der Waals surface area contributed by atoms with Crippen LogP contribution in [-0.2, 0) is 11.3 Å². The van der Waals surface area contributed by atoms with Gasteiger partial charge in [-0.05, 0) is 30.0 Å². The van der Waals surface area contributed by atoms with Gasteiger partial charge >= 0.3 is 0 Å². The van der Waals surface area contributed by atoms with Gasteiger partial charge in [-0.15, -0.1) is 0 Å². The van der Waals surface area contributed by atoms with E-state index in [9.17, 15) is 9.18 Å². The molecule has 2 aromatic carbocycles. The number of amides is 1. The molecule has 1 saturated heterocycles. The molecule has 3 N–H and O–H groups in total. The van der Waals surface area contributed by atoms with Crippen LogP contribution >= 0.6 is 11.6 Å². The summed E-state index contributed by atoms with van der Waals surface area (Å²) in [7, 11) is 1.62. The smallest absolute Gasteiger partial charge is 0.221 e. The summed E-state index contributed by atoms with van der Waals surface area (Å²) in [6, 6.07) is 8.59. The van der Waals surface area contributed by atoms with Crippen molar-refractivity contribution in [3.8, 4) is 5.75 Å². The minimum absolute atomic E-state index is 0.0199. The number of carbonyl (C=O) groups excluding carboxylic acids is 1. The molecule has 1 aliphatic heterocycles. The van der Waals surface area contributed by atoms with Crippen LogP contribution in [-0.4, -0.2) is 41.0 Å². The van der Waals surface area contributed by atoms with Crippen LogP contribution in [0.25, 0.3) is 10.9 Å². The Morgan fingerprint density at radius 3 is 2.81 bits per heavy atom. The maximum atomic E-state index is 14.4. The van der Waals surface area contributed by atoms with Crippen LogP contribution in [0.1, 0.15) is 5.56 Å². The molecule has 2 aliphatic rings. The number of anilines is 2.